The molecule has 1 aromatic heterocycles. The molecule has 0 amide bonds. The molecule has 0 fully saturated rings. The molecular formula is C18H26N4O2S2. The van der Waals surface area contributed by atoms with Crippen LogP contribution in [0.2, 0.25) is 0 Å². The van der Waals surface area contributed by atoms with Crippen LogP contribution in [-0.2, 0) is 28.7 Å². The van der Waals surface area contributed by atoms with Crippen molar-refractivity contribution in [3.05, 3.63) is 57.8 Å². The van der Waals surface area contributed by atoms with Crippen LogP contribution in [0.4, 0.5) is 0 Å². The van der Waals surface area contributed by atoms with Crippen LogP contribution in [0.25, 0.3) is 0 Å². The Labute approximate surface area is 160 Å². The third kappa shape index (κ3) is 6.44. The molecule has 6 nitrogen and oxygen atoms in total. The lowest BCUT2D eigenvalue weighted by Gasteiger charge is -2.22. The molecule has 0 saturated carbocycles. The number of hydrogen-bond acceptors (Lipinski definition) is 4. The molecule has 2 N–H and O–H groups in total. The fourth-order valence-electron chi connectivity index (χ4n) is 2.45. The highest BCUT2D eigenvalue weighted by Gasteiger charge is 2.09. The van der Waals surface area contributed by atoms with Crippen LogP contribution in [0.3, 0.4) is 0 Å². The number of benzene rings is 1. The first kappa shape index (κ1) is 20.4. The summed E-state index contributed by atoms with van der Waals surface area (Å²) >= 11 is 1.77. The third-order valence-corrected chi connectivity index (χ3v) is 6.26. The molecule has 0 saturated heterocycles. The molecule has 8 heteroatoms. The van der Waals surface area contributed by atoms with Gasteiger partial charge in [0.15, 0.2) is 5.96 Å². The molecule has 0 aliphatic carbocycles. The molecular weight excluding hydrogens is 368 g/mol. The fraction of sp³-hybridized carbons (Fsp3) is 0.389. The standard InChI is InChI=1S/C18H26N4O2S2/c1-19-18(22(3)11-10-17-5-4-12-25-17)21-13-15-6-8-16(9-7-15)14-26(23,24)20-2/h4-9,12,20H,10-11,13-14H2,1-3H3,(H,19,21). The Kier molecular flexibility index (Phi) is 7.62. The number of hydrogen-bond donors (Lipinski definition) is 2. The Morgan fingerprint density at radius 3 is 2.46 bits per heavy atom. The second-order valence-corrected chi connectivity index (χ2v) is 8.89. The maximum atomic E-state index is 11.6. The topological polar surface area (TPSA) is 73.8 Å². The highest BCUT2D eigenvalue weighted by molar-refractivity contribution is 7.88. The van der Waals surface area contributed by atoms with Gasteiger partial charge in [0.25, 0.3) is 0 Å². The summed E-state index contributed by atoms with van der Waals surface area (Å²) in [5.74, 6) is 0.827. The normalized spacial score (nSPS) is 12.2. The second-order valence-electron chi connectivity index (χ2n) is 5.93. The van der Waals surface area contributed by atoms with E-state index in [2.05, 4.69) is 37.4 Å². The summed E-state index contributed by atoms with van der Waals surface area (Å²) < 4.78 is 25.5. The van der Waals surface area contributed by atoms with Crippen molar-refractivity contribution in [1.29, 1.82) is 0 Å². The molecule has 0 unspecified atom stereocenters. The summed E-state index contributed by atoms with van der Waals surface area (Å²) in [6.45, 7) is 1.52. The van der Waals surface area contributed by atoms with Gasteiger partial charge in [-0.1, -0.05) is 30.3 Å². The molecule has 0 bridgehead atoms. The van der Waals surface area contributed by atoms with Gasteiger partial charge in [0, 0.05) is 32.1 Å². The number of thiophene rings is 1. The van der Waals surface area contributed by atoms with Gasteiger partial charge < -0.3 is 10.2 Å². The first-order chi connectivity index (χ1) is 12.4. The maximum Gasteiger partial charge on any atom is 0.215 e. The van der Waals surface area contributed by atoms with Gasteiger partial charge in [0.05, 0.1) is 5.75 Å². The molecule has 2 aromatic rings. The van der Waals surface area contributed by atoms with Gasteiger partial charge in [-0.3, -0.25) is 4.99 Å². The smallest absolute Gasteiger partial charge is 0.215 e. The average molecular weight is 395 g/mol. The van der Waals surface area contributed by atoms with Gasteiger partial charge in [-0.2, -0.15) is 0 Å². The Hall–Kier alpha value is -1.90. The summed E-state index contributed by atoms with van der Waals surface area (Å²) in [6, 6.07) is 11.8. The fourth-order valence-corrected chi connectivity index (χ4v) is 3.92. The highest BCUT2D eigenvalue weighted by Crippen LogP contribution is 2.10. The Bertz CT molecular complexity index is 800. The lowest BCUT2D eigenvalue weighted by molar-refractivity contribution is 0.486. The second kappa shape index (κ2) is 9.70. The van der Waals surface area contributed by atoms with E-state index in [1.807, 2.05) is 31.3 Å². The molecule has 0 spiro atoms. The maximum absolute atomic E-state index is 11.6. The van der Waals surface area contributed by atoms with E-state index in [0.29, 0.717) is 6.54 Å². The summed E-state index contributed by atoms with van der Waals surface area (Å²) in [5, 5.41) is 5.43. The quantitative estimate of drug-likeness (QED) is 0.531. The predicted molar refractivity (Wildman–Crippen MR) is 109 cm³/mol. The number of likely N-dealkylation sites (N-methyl/N-ethyl adjacent to an activating group) is 1. The Morgan fingerprint density at radius 2 is 1.88 bits per heavy atom. The summed E-state index contributed by atoms with van der Waals surface area (Å²) in [6.07, 6.45) is 0.990. The zero-order valence-corrected chi connectivity index (χ0v) is 17.0. The monoisotopic (exact) mass is 394 g/mol. The number of nitrogens with zero attached hydrogens (tertiary/aromatic N) is 2. The lowest BCUT2D eigenvalue weighted by atomic mass is 10.1. The van der Waals surface area contributed by atoms with E-state index >= 15 is 0 Å². The van der Waals surface area contributed by atoms with Crippen molar-refractivity contribution in [3.63, 3.8) is 0 Å². The van der Waals surface area contributed by atoms with Crippen LogP contribution in [0.1, 0.15) is 16.0 Å². The van der Waals surface area contributed by atoms with Crippen LogP contribution < -0.4 is 10.0 Å². The van der Waals surface area contributed by atoms with E-state index in [4.69, 9.17) is 0 Å². The van der Waals surface area contributed by atoms with Crippen molar-refractivity contribution in [2.45, 2.75) is 18.7 Å². The largest absolute Gasteiger partial charge is 0.352 e. The molecule has 26 heavy (non-hydrogen) atoms. The molecule has 0 radical (unpaired) electrons. The minimum absolute atomic E-state index is 0.00959. The van der Waals surface area contributed by atoms with Gasteiger partial charge >= 0.3 is 0 Å². The molecule has 1 heterocycles. The minimum Gasteiger partial charge on any atom is -0.352 e. The van der Waals surface area contributed by atoms with Gasteiger partial charge in [-0.15, -0.1) is 11.3 Å². The van der Waals surface area contributed by atoms with Crippen LogP contribution in [0.15, 0.2) is 46.8 Å². The summed E-state index contributed by atoms with van der Waals surface area (Å²) in [5.41, 5.74) is 1.84. The zero-order valence-electron chi connectivity index (χ0n) is 15.4. The zero-order chi connectivity index (χ0) is 19.0. The van der Waals surface area contributed by atoms with Crippen molar-refractivity contribution < 1.29 is 8.42 Å². The minimum atomic E-state index is -3.24. The number of nitrogens with one attached hydrogen (secondary N) is 2. The molecule has 0 atom stereocenters. The SMILES string of the molecule is CN=C(NCc1ccc(CS(=O)(=O)NC)cc1)N(C)CCc1cccs1. The van der Waals surface area contributed by atoms with E-state index in [1.54, 1.807) is 18.4 Å². The van der Waals surface area contributed by atoms with Crippen molar-refractivity contribution >= 4 is 27.3 Å². The molecule has 0 aliphatic heterocycles. The molecule has 142 valence electrons. The van der Waals surface area contributed by atoms with E-state index < -0.39 is 10.0 Å². The molecule has 1 aromatic carbocycles. The molecule has 2 rings (SSSR count). The molecule has 0 aliphatic rings. The van der Waals surface area contributed by atoms with Crippen LogP contribution in [0, 0.1) is 0 Å². The number of rotatable bonds is 8. The van der Waals surface area contributed by atoms with Gasteiger partial charge in [0.1, 0.15) is 0 Å². The van der Waals surface area contributed by atoms with Crippen LogP contribution in [0.5, 0.6) is 0 Å². The van der Waals surface area contributed by atoms with Crippen molar-refractivity contribution in [3.8, 4) is 0 Å². The first-order valence-corrected chi connectivity index (χ1v) is 10.9. The average Bonchev–Trinajstić information content (AvgIpc) is 3.15. The van der Waals surface area contributed by atoms with Crippen molar-refractivity contribution in [2.24, 2.45) is 4.99 Å². The van der Waals surface area contributed by atoms with Gasteiger partial charge in [-0.25, -0.2) is 13.1 Å². The van der Waals surface area contributed by atoms with E-state index in [-0.39, 0.29) is 5.75 Å². The van der Waals surface area contributed by atoms with E-state index in [1.165, 1.54) is 11.9 Å². The van der Waals surface area contributed by atoms with Crippen LogP contribution >= 0.6 is 11.3 Å². The highest BCUT2D eigenvalue weighted by atomic mass is 32.2. The predicted octanol–water partition coefficient (Wildman–Crippen LogP) is 2.05. The Balaban J connectivity index is 1.85. The number of aliphatic imine (C=N–C) groups is 1. The van der Waals surface area contributed by atoms with Gasteiger partial charge in [-0.05, 0) is 36.0 Å². The Morgan fingerprint density at radius 1 is 1.19 bits per heavy atom. The van der Waals surface area contributed by atoms with E-state index in [0.717, 1.165) is 30.1 Å². The summed E-state index contributed by atoms with van der Waals surface area (Å²) in [4.78, 5) is 7.79. The first-order valence-electron chi connectivity index (χ1n) is 8.36. The van der Waals surface area contributed by atoms with Crippen LogP contribution in [-0.4, -0.2) is 47.0 Å². The van der Waals surface area contributed by atoms with Gasteiger partial charge in [0.2, 0.25) is 10.0 Å². The number of sulfonamides is 1. The van der Waals surface area contributed by atoms with Crippen molar-refractivity contribution in [1.82, 2.24) is 14.9 Å². The third-order valence-electron chi connectivity index (χ3n) is 3.99. The lowest BCUT2D eigenvalue weighted by Crippen LogP contribution is -2.39. The van der Waals surface area contributed by atoms with Crippen molar-refractivity contribution in [2.75, 3.05) is 27.7 Å². The van der Waals surface area contributed by atoms with E-state index in [9.17, 15) is 8.42 Å². The summed E-state index contributed by atoms with van der Waals surface area (Å²) in [7, 11) is 1.98. The number of guanidine groups is 1.